The largest absolute Gasteiger partial charge is 0.463 e. The lowest BCUT2D eigenvalue weighted by Gasteiger charge is -2.19. The smallest absolute Gasteiger partial charge is 0.330 e. The molecule has 162 valence electrons. The highest BCUT2D eigenvalue weighted by Gasteiger charge is 2.40. The van der Waals surface area contributed by atoms with Gasteiger partial charge in [-0.05, 0) is 13.8 Å². The first-order chi connectivity index (χ1) is 13.8. The number of H-pyrrole nitrogens is 1. The maximum absolute atomic E-state index is 12.4. The number of esters is 2. The van der Waals surface area contributed by atoms with Crippen LogP contribution in [0.4, 0.5) is 0 Å². The van der Waals surface area contributed by atoms with E-state index in [4.69, 9.17) is 23.7 Å². The molecule has 0 amide bonds. The fourth-order valence-corrected chi connectivity index (χ4v) is 2.97. The molecule has 1 aliphatic rings. The normalized spacial score (nSPS) is 21.3. The maximum Gasteiger partial charge on any atom is 0.330 e. The highest BCUT2D eigenvalue weighted by molar-refractivity contribution is 5.66. The molecule has 3 atom stereocenters. The number of carbonyl (C=O) groups is 2. The van der Waals surface area contributed by atoms with Crippen molar-refractivity contribution in [2.24, 2.45) is 0 Å². The van der Waals surface area contributed by atoms with Crippen LogP contribution >= 0.6 is 0 Å². The first kappa shape index (κ1) is 22.8. The zero-order valence-electron chi connectivity index (χ0n) is 16.8. The zero-order chi connectivity index (χ0) is 21.6. The maximum atomic E-state index is 12.4. The summed E-state index contributed by atoms with van der Waals surface area (Å²) in [5.74, 6) is -1.05. The molecule has 2 rings (SSSR count). The molecule has 1 N–H and O–H groups in total. The minimum Gasteiger partial charge on any atom is -0.463 e. The molecule has 2 heterocycles. The quantitative estimate of drug-likeness (QED) is 0.449. The van der Waals surface area contributed by atoms with Gasteiger partial charge >= 0.3 is 17.6 Å². The van der Waals surface area contributed by atoms with Crippen molar-refractivity contribution >= 4 is 11.9 Å². The Morgan fingerprint density at radius 1 is 1.21 bits per heavy atom. The summed E-state index contributed by atoms with van der Waals surface area (Å²) in [6.45, 7) is 6.43. The van der Waals surface area contributed by atoms with Gasteiger partial charge in [0.1, 0.15) is 25.0 Å². The number of hydrogen-bond donors (Lipinski definition) is 1. The Kier molecular flexibility index (Phi) is 8.11. The highest BCUT2D eigenvalue weighted by Crippen LogP contribution is 2.30. The van der Waals surface area contributed by atoms with Gasteiger partial charge in [0.05, 0.1) is 5.56 Å². The number of hydrogen-bond acceptors (Lipinski definition) is 9. The van der Waals surface area contributed by atoms with Gasteiger partial charge in [0.15, 0.2) is 6.29 Å². The molecule has 0 aliphatic carbocycles. The van der Waals surface area contributed by atoms with Gasteiger partial charge in [-0.3, -0.25) is 23.9 Å². The van der Waals surface area contributed by atoms with Gasteiger partial charge in [-0.1, -0.05) is 0 Å². The van der Waals surface area contributed by atoms with E-state index >= 15 is 0 Å². The van der Waals surface area contributed by atoms with Crippen LogP contribution in [0.2, 0.25) is 0 Å². The van der Waals surface area contributed by atoms with Crippen molar-refractivity contribution in [3.63, 3.8) is 0 Å². The van der Waals surface area contributed by atoms with Crippen molar-refractivity contribution in [2.75, 3.05) is 19.8 Å². The molecule has 1 aromatic heterocycles. The molecular weight excluding hydrogens is 388 g/mol. The van der Waals surface area contributed by atoms with Crippen LogP contribution in [0.25, 0.3) is 0 Å². The second-order valence-corrected chi connectivity index (χ2v) is 6.31. The monoisotopic (exact) mass is 414 g/mol. The molecule has 0 spiro atoms. The Morgan fingerprint density at radius 2 is 1.86 bits per heavy atom. The fraction of sp³-hybridized carbons (Fsp3) is 0.667. The summed E-state index contributed by atoms with van der Waals surface area (Å²) in [7, 11) is 0. The zero-order valence-corrected chi connectivity index (χ0v) is 16.8. The lowest BCUT2D eigenvalue weighted by molar-refractivity contribution is -0.155. The Labute approximate surface area is 166 Å². The van der Waals surface area contributed by atoms with Gasteiger partial charge < -0.3 is 23.7 Å². The molecule has 11 nitrogen and oxygen atoms in total. The topological polar surface area (TPSA) is 135 Å². The SMILES string of the molecule is CCOC(OCC)c1cn([C@H]2C[C@H](OC(C)=O)[C@@H](COC(C)=O)O2)c(=O)[nH]c1=O. The van der Waals surface area contributed by atoms with E-state index < -0.39 is 47.9 Å². The summed E-state index contributed by atoms with van der Waals surface area (Å²) in [6.07, 6.45) is -1.86. The van der Waals surface area contributed by atoms with Gasteiger partial charge in [0.2, 0.25) is 0 Å². The summed E-state index contributed by atoms with van der Waals surface area (Å²) in [4.78, 5) is 49.3. The van der Waals surface area contributed by atoms with Crippen LogP contribution in [-0.2, 0) is 33.3 Å². The van der Waals surface area contributed by atoms with Gasteiger partial charge in [-0.15, -0.1) is 0 Å². The van der Waals surface area contributed by atoms with Crippen molar-refractivity contribution in [1.29, 1.82) is 0 Å². The van der Waals surface area contributed by atoms with Crippen LogP contribution in [0.15, 0.2) is 15.8 Å². The second kappa shape index (κ2) is 10.3. The van der Waals surface area contributed by atoms with Crippen LogP contribution in [0.1, 0.15) is 52.2 Å². The first-order valence-electron chi connectivity index (χ1n) is 9.31. The van der Waals surface area contributed by atoms with E-state index in [9.17, 15) is 19.2 Å². The molecule has 11 heteroatoms. The Hall–Kier alpha value is -2.50. The molecule has 0 radical (unpaired) electrons. The van der Waals surface area contributed by atoms with Gasteiger partial charge in [0.25, 0.3) is 5.56 Å². The number of rotatable bonds is 9. The third kappa shape index (κ3) is 5.99. The van der Waals surface area contributed by atoms with E-state index in [1.807, 2.05) is 0 Å². The number of nitrogens with one attached hydrogen (secondary N) is 1. The summed E-state index contributed by atoms with van der Waals surface area (Å²) in [6, 6.07) is 0. The average molecular weight is 414 g/mol. The third-order valence-electron chi connectivity index (χ3n) is 4.14. The minimum absolute atomic E-state index is 0.101. The molecule has 1 fully saturated rings. The highest BCUT2D eigenvalue weighted by atomic mass is 16.7. The number of nitrogens with zero attached hydrogens (tertiary/aromatic N) is 1. The van der Waals surface area contributed by atoms with E-state index in [2.05, 4.69) is 4.98 Å². The molecule has 1 saturated heterocycles. The number of aromatic nitrogens is 2. The standard InChI is InChI=1S/C18H26N2O9/c1-5-25-17(26-6-2)12-8-20(18(24)19-16(12)23)15-7-13(28-11(4)22)14(29-15)9-27-10(3)21/h8,13-15,17H,5-7,9H2,1-4H3,(H,19,23,24)/t13-,14+,15+/m0/s1. The average Bonchev–Trinajstić information content (AvgIpc) is 3.01. The molecule has 0 saturated carbocycles. The van der Waals surface area contributed by atoms with E-state index in [-0.39, 0.29) is 18.6 Å². The van der Waals surface area contributed by atoms with E-state index in [0.29, 0.717) is 13.2 Å². The summed E-state index contributed by atoms with van der Waals surface area (Å²) < 4.78 is 28.0. The summed E-state index contributed by atoms with van der Waals surface area (Å²) in [5.41, 5.74) is -1.24. The lowest BCUT2D eigenvalue weighted by atomic mass is 10.2. The second-order valence-electron chi connectivity index (χ2n) is 6.31. The summed E-state index contributed by atoms with van der Waals surface area (Å²) in [5, 5.41) is 0. The van der Waals surface area contributed by atoms with Gasteiger partial charge in [0, 0.05) is 39.7 Å². The molecule has 0 unspecified atom stereocenters. The van der Waals surface area contributed by atoms with Crippen LogP contribution in [0, 0.1) is 0 Å². The predicted molar refractivity (Wildman–Crippen MR) is 98.0 cm³/mol. The van der Waals surface area contributed by atoms with Crippen molar-refractivity contribution in [3.8, 4) is 0 Å². The van der Waals surface area contributed by atoms with Crippen molar-refractivity contribution in [3.05, 3.63) is 32.6 Å². The predicted octanol–water partition coefficient (Wildman–Crippen LogP) is 0.391. The van der Waals surface area contributed by atoms with E-state index in [1.54, 1.807) is 13.8 Å². The number of ether oxygens (including phenoxy) is 5. The first-order valence-corrected chi connectivity index (χ1v) is 9.31. The Morgan fingerprint density at radius 3 is 2.41 bits per heavy atom. The Bertz CT molecular complexity index is 825. The molecule has 1 aliphatic heterocycles. The number of carbonyl (C=O) groups excluding carboxylic acids is 2. The van der Waals surface area contributed by atoms with Crippen LogP contribution in [0.3, 0.4) is 0 Å². The molecule has 1 aromatic rings. The van der Waals surface area contributed by atoms with Crippen LogP contribution < -0.4 is 11.2 Å². The molecular formula is C18H26N2O9. The van der Waals surface area contributed by atoms with Crippen LogP contribution in [0.5, 0.6) is 0 Å². The minimum atomic E-state index is -0.955. The van der Waals surface area contributed by atoms with Crippen molar-refractivity contribution in [2.45, 2.75) is 58.8 Å². The third-order valence-corrected chi connectivity index (χ3v) is 4.14. The molecule has 0 bridgehead atoms. The Balaban J connectivity index is 2.33. The molecule has 29 heavy (non-hydrogen) atoms. The molecule has 0 aromatic carbocycles. The van der Waals surface area contributed by atoms with Gasteiger partial charge in [-0.2, -0.15) is 0 Å². The fourth-order valence-electron chi connectivity index (χ4n) is 2.97. The van der Waals surface area contributed by atoms with Crippen molar-refractivity contribution in [1.82, 2.24) is 9.55 Å². The van der Waals surface area contributed by atoms with Crippen molar-refractivity contribution < 1.29 is 33.3 Å². The summed E-state index contributed by atoms with van der Waals surface area (Å²) >= 11 is 0. The number of aromatic amines is 1. The van der Waals surface area contributed by atoms with E-state index in [0.717, 1.165) is 0 Å². The van der Waals surface area contributed by atoms with Gasteiger partial charge in [-0.25, -0.2) is 4.79 Å². The lowest BCUT2D eigenvalue weighted by Crippen LogP contribution is -2.36. The van der Waals surface area contributed by atoms with Crippen LogP contribution in [-0.4, -0.2) is 53.5 Å². The van der Waals surface area contributed by atoms with E-state index in [1.165, 1.54) is 24.6 Å².